The van der Waals surface area contributed by atoms with Gasteiger partial charge in [0.25, 0.3) is 0 Å². The van der Waals surface area contributed by atoms with Crippen LogP contribution in [0.5, 0.6) is 0 Å². The van der Waals surface area contributed by atoms with Crippen LogP contribution < -0.4 is 10.6 Å². The number of rotatable bonds is 7. The molecule has 0 saturated carbocycles. The molecule has 0 unspecified atom stereocenters. The summed E-state index contributed by atoms with van der Waals surface area (Å²) in [6.45, 7) is 6.23. The third-order valence-corrected chi connectivity index (χ3v) is 2.74. The average molecular weight is 263 g/mol. The van der Waals surface area contributed by atoms with Crippen LogP contribution in [0, 0.1) is 5.41 Å². The highest BCUT2D eigenvalue weighted by Gasteiger charge is 2.19. The van der Waals surface area contributed by atoms with Crippen molar-refractivity contribution >= 4 is 11.6 Å². The minimum absolute atomic E-state index is 0.0238. The Kier molecular flexibility index (Phi) is 5.83. The Labute approximate surface area is 116 Å². The largest absolute Gasteiger partial charge is 0.376 e. The predicted molar refractivity (Wildman–Crippen MR) is 80.3 cm³/mol. The number of carbonyl (C=O) groups is 1. The Balaban J connectivity index is 2.28. The molecule has 1 aromatic carbocycles. The highest BCUT2D eigenvalue weighted by Crippen LogP contribution is 2.13. The summed E-state index contributed by atoms with van der Waals surface area (Å²) in [5.41, 5.74) is 1.04. The number of hydrogen-bond acceptors (Lipinski definition) is 3. The number of anilines is 1. The molecule has 0 aromatic heterocycles. The fourth-order valence-corrected chi connectivity index (χ4v) is 2.05. The van der Waals surface area contributed by atoms with E-state index in [1.807, 2.05) is 44.4 Å². The molecule has 0 aliphatic rings. The van der Waals surface area contributed by atoms with Crippen LogP contribution >= 0.6 is 0 Å². The van der Waals surface area contributed by atoms with E-state index in [-0.39, 0.29) is 11.3 Å². The normalized spacial score (nSPS) is 11.4. The van der Waals surface area contributed by atoms with E-state index >= 15 is 0 Å². The van der Waals surface area contributed by atoms with Gasteiger partial charge in [-0.05, 0) is 31.6 Å². The van der Waals surface area contributed by atoms with Crippen LogP contribution in [0.3, 0.4) is 0 Å². The lowest BCUT2D eigenvalue weighted by atomic mass is 9.93. The first-order valence-corrected chi connectivity index (χ1v) is 6.59. The van der Waals surface area contributed by atoms with Gasteiger partial charge in [0.05, 0.1) is 6.54 Å². The zero-order valence-electron chi connectivity index (χ0n) is 12.4. The molecular formula is C15H25N3O. The number of nitrogens with zero attached hydrogens (tertiary/aromatic N) is 1. The number of hydrogen-bond donors (Lipinski definition) is 2. The Morgan fingerprint density at radius 3 is 2.42 bits per heavy atom. The van der Waals surface area contributed by atoms with Crippen LogP contribution in [0.25, 0.3) is 0 Å². The quantitative estimate of drug-likeness (QED) is 0.788. The second kappa shape index (κ2) is 7.14. The summed E-state index contributed by atoms with van der Waals surface area (Å²) in [4.78, 5) is 13.9. The van der Waals surface area contributed by atoms with E-state index in [4.69, 9.17) is 0 Å². The Morgan fingerprint density at radius 1 is 1.21 bits per heavy atom. The molecule has 1 aromatic rings. The fraction of sp³-hybridized carbons (Fsp3) is 0.533. The lowest BCUT2D eigenvalue weighted by Crippen LogP contribution is -2.41. The average Bonchev–Trinajstić information content (AvgIpc) is 2.34. The molecule has 0 aliphatic heterocycles. The molecule has 0 atom stereocenters. The summed E-state index contributed by atoms with van der Waals surface area (Å²) < 4.78 is 0. The number of nitrogens with one attached hydrogen (secondary N) is 2. The van der Waals surface area contributed by atoms with Gasteiger partial charge >= 0.3 is 0 Å². The van der Waals surface area contributed by atoms with Crippen molar-refractivity contribution in [2.45, 2.75) is 13.8 Å². The van der Waals surface area contributed by atoms with Crippen molar-refractivity contribution in [2.75, 3.05) is 39.0 Å². The van der Waals surface area contributed by atoms with Crippen LogP contribution in [0.15, 0.2) is 30.3 Å². The van der Waals surface area contributed by atoms with Gasteiger partial charge in [0.1, 0.15) is 0 Å². The molecule has 0 aliphatic carbocycles. The molecule has 0 heterocycles. The van der Waals surface area contributed by atoms with Gasteiger partial charge in [-0.15, -0.1) is 0 Å². The minimum Gasteiger partial charge on any atom is -0.376 e. The van der Waals surface area contributed by atoms with Gasteiger partial charge in [-0.2, -0.15) is 0 Å². The van der Waals surface area contributed by atoms with Crippen molar-refractivity contribution in [3.63, 3.8) is 0 Å². The van der Waals surface area contributed by atoms with Gasteiger partial charge < -0.3 is 15.5 Å². The highest BCUT2D eigenvalue weighted by atomic mass is 16.1. The van der Waals surface area contributed by atoms with Gasteiger partial charge in [-0.25, -0.2) is 0 Å². The monoisotopic (exact) mass is 263 g/mol. The Bertz CT molecular complexity index is 388. The van der Waals surface area contributed by atoms with Crippen molar-refractivity contribution in [1.29, 1.82) is 0 Å². The molecule has 0 radical (unpaired) electrons. The lowest BCUT2D eigenvalue weighted by molar-refractivity contribution is -0.119. The first-order chi connectivity index (χ1) is 8.89. The molecule has 0 spiro atoms. The maximum atomic E-state index is 11.8. The second-order valence-electron chi connectivity index (χ2n) is 5.90. The minimum atomic E-state index is 0.0238. The van der Waals surface area contributed by atoms with Crippen molar-refractivity contribution in [3.8, 4) is 0 Å². The molecule has 106 valence electrons. The lowest BCUT2D eigenvalue weighted by Gasteiger charge is -2.28. The topological polar surface area (TPSA) is 44.4 Å². The van der Waals surface area contributed by atoms with Crippen molar-refractivity contribution in [2.24, 2.45) is 5.41 Å². The van der Waals surface area contributed by atoms with E-state index in [0.29, 0.717) is 13.1 Å². The first kappa shape index (κ1) is 15.5. The maximum absolute atomic E-state index is 11.8. The summed E-state index contributed by atoms with van der Waals surface area (Å²) in [5.74, 6) is 0.0238. The van der Waals surface area contributed by atoms with Gasteiger partial charge in [0.2, 0.25) is 5.91 Å². The number of para-hydroxylation sites is 1. The molecule has 4 heteroatoms. The number of amides is 1. The predicted octanol–water partition coefficient (Wildman–Crippen LogP) is 1.80. The van der Waals surface area contributed by atoms with Crippen molar-refractivity contribution in [1.82, 2.24) is 10.2 Å². The van der Waals surface area contributed by atoms with Crippen molar-refractivity contribution < 1.29 is 4.79 Å². The van der Waals surface area contributed by atoms with E-state index in [9.17, 15) is 4.79 Å². The van der Waals surface area contributed by atoms with Gasteiger partial charge in [-0.3, -0.25) is 4.79 Å². The summed E-state index contributed by atoms with van der Waals surface area (Å²) in [5, 5.41) is 6.07. The molecule has 0 fully saturated rings. The molecule has 19 heavy (non-hydrogen) atoms. The van der Waals surface area contributed by atoms with E-state index in [1.165, 1.54) is 0 Å². The number of carbonyl (C=O) groups excluding carboxylic acids is 1. The van der Waals surface area contributed by atoms with Crippen LogP contribution in [-0.4, -0.2) is 44.5 Å². The van der Waals surface area contributed by atoms with E-state index in [2.05, 4.69) is 29.4 Å². The maximum Gasteiger partial charge on any atom is 0.239 e. The molecule has 0 bridgehead atoms. The smallest absolute Gasteiger partial charge is 0.239 e. The zero-order valence-corrected chi connectivity index (χ0v) is 12.4. The van der Waals surface area contributed by atoms with E-state index in [1.54, 1.807) is 0 Å². The molecule has 1 rings (SSSR count). The van der Waals surface area contributed by atoms with E-state index in [0.717, 1.165) is 12.2 Å². The first-order valence-electron chi connectivity index (χ1n) is 6.59. The summed E-state index contributed by atoms with van der Waals surface area (Å²) in [6, 6.07) is 9.74. The SMILES string of the molecule is CN(C)CC(C)(C)CNC(=O)CNc1ccccc1. The van der Waals surface area contributed by atoms with Crippen molar-refractivity contribution in [3.05, 3.63) is 30.3 Å². The van der Waals surface area contributed by atoms with Crippen LogP contribution in [-0.2, 0) is 4.79 Å². The summed E-state index contributed by atoms with van der Waals surface area (Å²) in [7, 11) is 4.08. The van der Waals surface area contributed by atoms with Gasteiger partial charge in [0, 0.05) is 18.8 Å². The Hall–Kier alpha value is -1.55. The Morgan fingerprint density at radius 2 is 1.84 bits per heavy atom. The summed E-state index contributed by atoms with van der Waals surface area (Å²) >= 11 is 0. The fourth-order valence-electron chi connectivity index (χ4n) is 2.05. The summed E-state index contributed by atoms with van der Waals surface area (Å²) in [6.07, 6.45) is 0. The molecular weight excluding hydrogens is 238 g/mol. The molecule has 0 saturated heterocycles. The van der Waals surface area contributed by atoms with Crippen LogP contribution in [0.2, 0.25) is 0 Å². The van der Waals surface area contributed by atoms with Gasteiger partial charge in [-0.1, -0.05) is 32.0 Å². The second-order valence-corrected chi connectivity index (χ2v) is 5.90. The highest BCUT2D eigenvalue weighted by molar-refractivity contribution is 5.80. The van der Waals surface area contributed by atoms with E-state index < -0.39 is 0 Å². The van der Waals surface area contributed by atoms with Crippen LogP contribution in [0.4, 0.5) is 5.69 Å². The third-order valence-electron chi connectivity index (χ3n) is 2.74. The third kappa shape index (κ3) is 6.82. The molecule has 1 amide bonds. The standard InChI is InChI=1S/C15H25N3O/c1-15(2,12-18(3)4)11-17-14(19)10-16-13-8-6-5-7-9-13/h5-9,16H,10-12H2,1-4H3,(H,17,19). The zero-order chi connectivity index (χ0) is 14.3. The van der Waals surface area contributed by atoms with Crippen LogP contribution in [0.1, 0.15) is 13.8 Å². The number of benzene rings is 1. The van der Waals surface area contributed by atoms with Gasteiger partial charge in [0.15, 0.2) is 0 Å². The molecule has 4 nitrogen and oxygen atoms in total. The molecule has 2 N–H and O–H groups in total.